The van der Waals surface area contributed by atoms with Gasteiger partial charge in [0.2, 0.25) is 0 Å². The summed E-state index contributed by atoms with van der Waals surface area (Å²) >= 11 is 0.0846. The van der Waals surface area contributed by atoms with Gasteiger partial charge >= 0.3 is 158 Å². The van der Waals surface area contributed by atoms with Crippen LogP contribution in [0, 0.1) is 12.7 Å². The minimum atomic E-state index is -0.437. The molecule has 5 rings (SSSR count). The van der Waals surface area contributed by atoms with Crippen LogP contribution in [0.2, 0.25) is 0 Å². The first-order valence-electron chi connectivity index (χ1n) is 11.5. The summed E-state index contributed by atoms with van der Waals surface area (Å²) in [4.78, 5) is 14.2. The maximum absolute atomic E-state index is 15.1. The zero-order chi connectivity index (χ0) is 24.4. The van der Waals surface area contributed by atoms with E-state index in [-0.39, 0.29) is 33.1 Å². The van der Waals surface area contributed by atoms with Crippen LogP contribution in [-0.2, 0) is 0 Å². The number of nitrogens with one attached hydrogen (secondary N) is 1. The first-order valence-corrected chi connectivity index (χ1v) is 13.9. The van der Waals surface area contributed by atoms with Crippen LogP contribution in [0.3, 0.4) is 0 Å². The molecule has 35 heavy (non-hydrogen) atoms. The van der Waals surface area contributed by atoms with E-state index in [0.29, 0.717) is 34.4 Å². The number of benzene rings is 2. The Hall–Kier alpha value is -2.70. The molecule has 0 atom stereocenters. The molecule has 1 N–H and O–H groups in total. The third-order valence-electron chi connectivity index (χ3n) is 5.88. The predicted molar refractivity (Wildman–Crippen MR) is 128 cm³/mol. The third kappa shape index (κ3) is 5.29. The summed E-state index contributed by atoms with van der Waals surface area (Å²) in [6.07, 6.45) is 2.35. The number of rotatable bonds is 8. The van der Waals surface area contributed by atoms with E-state index in [2.05, 4.69) is 30.0 Å². The fourth-order valence-corrected chi connectivity index (χ4v) is 6.55. The number of methoxy groups -OCH3 is 1. The van der Waals surface area contributed by atoms with Crippen molar-refractivity contribution in [3.8, 4) is 23.1 Å². The molecule has 1 saturated heterocycles. The number of nitrogens with zero attached hydrogens (tertiary/aromatic N) is 4. The number of alkyl halides is 1. The average Bonchev–Trinajstić information content (AvgIpc) is 3.25. The molecule has 1 fully saturated rings. The number of aryl methyl sites for hydroxylation is 1. The van der Waals surface area contributed by atoms with Crippen LogP contribution < -0.4 is 35.7 Å². The number of hydrogen-bond donors (Lipinski definition) is 1. The van der Waals surface area contributed by atoms with Crippen LogP contribution >= 0.6 is 0 Å². The Kier molecular flexibility index (Phi) is 7.21. The fourth-order valence-electron chi connectivity index (χ4n) is 4.02. The zero-order valence-electron chi connectivity index (χ0n) is 20.0. The summed E-state index contributed by atoms with van der Waals surface area (Å²) in [7, 11) is 3.78. The number of aromatic nitrogens is 3. The van der Waals surface area contributed by atoms with Crippen molar-refractivity contribution in [3.05, 3.63) is 48.2 Å². The van der Waals surface area contributed by atoms with Crippen LogP contribution in [0.25, 0.3) is 21.8 Å². The number of aromatic amines is 1. The van der Waals surface area contributed by atoms with Crippen molar-refractivity contribution < 1.29 is 40.1 Å². The normalized spacial score (nSPS) is 15.3. The Balaban J connectivity index is 1.32. The SMILES string of the molecule is COc1cc2c(Oc3ccc4[nH]c(C)cc4c3F)ncnc2cc1OCCCN1CCN(C)C[I-]1. The van der Waals surface area contributed by atoms with Gasteiger partial charge < -0.3 is 4.98 Å². The molecule has 0 amide bonds. The van der Waals surface area contributed by atoms with E-state index in [1.807, 2.05) is 13.0 Å². The molecular weight excluding hydrogens is 564 g/mol. The molecule has 186 valence electrons. The Morgan fingerprint density at radius 3 is 2.77 bits per heavy atom. The van der Waals surface area contributed by atoms with Crippen molar-refractivity contribution in [1.82, 2.24) is 23.0 Å². The quantitative estimate of drug-likeness (QED) is 0.109. The van der Waals surface area contributed by atoms with E-state index in [9.17, 15) is 0 Å². The molecule has 1 aliphatic heterocycles. The van der Waals surface area contributed by atoms with Gasteiger partial charge in [-0.2, -0.15) is 0 Å². The summed E-state index contributed by atoms with van der Waals surface area (Å²) < 4.78 is 36.4. The number of fused-ring (bicyclic) bond motifs is 2. The number of H-pyrrole nitrogens is 1. The summed E-state index contributed by atoms with van der Waals surface area (Å²) in [6.45, 7) is 5.80. The molecule has 8 nitrogen and oxygen atoms in total. The molecule has 2 aromatic carbocycles. The van der Waals surface area contributed by atoms with Crippen molar-refractivity contribution >= 4 is 21.8 Å². The van der Waals surface area contributed by atoms with Gasteiger partial charge in [-0.1, -0.05) is 0 Å². The van der Waals surface area contributed by atoms with Gasteiger partial charge in [0.05, 0.1) is 0 Å². The van der Waals surface area contributed by atoms with Crippen molar-refractivity contribution in [1.29, 1.82) is 0 Å². The number of hydrogen-bond acceptors (Lipinski definition) is 7. The van der Waals surface area contributed by atoms with Gasteiger partial charge in [-0.05, 0) is 25.1 Å². The zero-order valence-corrected chi connectivity index (χ0v) is 22.1. The number of likely N-dealkylation sites (N-methyl/N-ethyl adjacent to an activating group) is 1. The van der Waals surface area contributed by atoms with Gasteiger partial charge in [-0.3, -0.25) is 0 Å². The Morgan fingerprint density at radius 1 is 1.09 bits per heavy atom. The van der Waals surface area contributed by atoms with Gasteiger partial charge in [0.25, 0.3) is 0 Å². The molecule has 1 aliphatic rings. The van der Waals surface area contributed by atoms with Crippen molar-refractivity contribution in [2.24, 2.45) is 0 Å². The molecule has 0 radical (unpaired) electrons. The third-order valence-corrected chi connectivity index (χ3v) is 9.28. The van der Waals surface area contributed by atoms with E-state index in [0.717, 1.165) is 37.3 Å². The molecule has 10 heteroatoms. The number of ether oxygens (including phenoxy) is 3. The van der Waals surface area contributed by atoms with E-state index < -0.39 is 5.82 Å². The Bertz CT molecular complexity index is 1340. The standard InChI is InChI=1S/C25H28FIN5O3/c1-16-11-17-19(30-16)5-6-21(24(17)26)35-25-18-12-22(33-3)23(13-20(18)28-15-29-25)34-10-4-7-32-9-8-31(2)14-27-32/h5-6,11-13,15,30H,4,7-10,14H2,1-3H3/q-1. The van der Waals surface area contributed by atoms with E-state index in [4.69, 9.17) is 14.2 Å². The molecule has 4 aromatic rings. The van der Waals surface area contributed by atoms with Crippen molar-refractivity contribution in [2.75, 3.05) is 45.0 Å². The summed E-state index contributed by atoms with van der Waals surface area (Å²) in [5, 5.41) is 1.09. The maximum atomic E-state index is 15.1. The van der Waals surface area contributed by atoms with E-state index >= 15 is 4.39 Å². The van der Waals surface area contributed by atoms with Gasteiger partial charge in [0, 0.05) is 16.6 Å². The molecule has 0 aliphatic carbocycles. The topological polar surface area (TPSA) is 75.7 Å². The minimum absolute atomic E-state index is 0.0846. The van der Waals surface area contributed by atoms with Gasteiger partial charge in [0.1, 0.15) is 0 Å². The molecule has 0 spiro atoms. The molecule has 3 heterocycles. The second kappa shape index (κ2) is 10.5. The van der Waals surface area contributed by atoms with Crippen LogP contribution in [-0.4, -0.2) is 67.9 Å². The summed E-state index contributed by atoms with van der Waals surface area (Å²) in [6, 6.07) is 8.75. The molecule has 0 unspecified atom stereocenters. The van der Waals surface area contributed by atoms with Crippen LogP contribution in [0.4, 0.5) is 4.39 Å². The van der Waals surface area contributed by atoms with Gasteiger partial charge in [-0.15, -0.1) is 0 Å². The van der Waals surface area contributed by atoms with Crippen LogP contribution in [0.15, 0.2) is 36.7 Å². The second-order valence-electron chi connectivity index (χ2n) is 8.52. The van der Waals surface area contributed by atoms with Crippen molar-refractivity contribution in [3.63, 3.8) is 0 Å². The first kappa shape index (κ1) is 24.0. The van der Waals surface area contributed by atoms with Gasteiger partial charge in [-0.25, -0.2) is 4.39 Å². The Morgan fingerprint density at radius 2 is 1.97 bits per heavy atom. The summed E-state index contributed by atoms with van der Waals surface area (Å²) in [5.41, 5.74) is 2.23. The van der Waals surface area contributed by atoms with Crippen LogP contribution in [0.1, 0.15) is 12.1 Å². The van der Waals surface area contributed by atoms with Gasteiger partial charge in [0.15, 0.2) is 5.82 Å². The molecular formula is C25H28FIN5O3-. The molecule has 2 aromatic heterocycles. The first-order chi connectivity index (χ1) is 17.0. The van der Waals surface area contributed by atoms with E-state index in [1.165, 1.54) is 10.9 Å². The van der Waals surface area contributed by atoms with Crippen molar-refractivity contribution in [2.45, 2.75) is 13.3 Å². The molecule has 0 saturated carbocycles. The van der Waals surface area contributed by atoms with E-state index in [1.54, 1.807) is 31.4 Å². The average molecular weight is 592 g/mol. The predicted octanol–water partition coefficient (Wildman–Crippen LogP) is 1.34. The Labute approximate surface area is 214 Å². The number of halogens is 2. The molecule has 0 bridgehead atoms. The van der Waals surface area contributed by atoms with Crippen LogP contribution in [0.5, 0.6) is 23.1 Å². The summed E-state index contributed by atoms with van der Waals surface area (Å²) in [5.74, 6) is 1.09. The fraction of sp³-hybridized carbons (Fsp3) is 0.360. The monoisotopic (exact) mass is 592 g/mol. The second-order valence-corrected chi connectivity index (χ2v) is 11.3.